The molecule has 1 aromatic rings. The lowest BCUT2D eigenvalue weighted by Gasteiger charge is -2.37. The van der Waals surface area contributed by atoms with Crippen LogP contribution < -0.4 is 10.6 Å². The van der Waals surface area contributed by atoms with Crippen molar-refractivity contribution in [3.8, 4) is 0 Å². The monoisotopic (exact) mass is 273 g/mol. The zero-order valence-corrected chi connectivity index (χ0v) is 12.8. The van der Waals surface area contributed by atoms with Gasteiger partial charge >= 0.3 is 0 Å². The molecule has 0 radical (unpaired) electrons. The van der Waals surface area contributed by atoms with Crippen LogP contribution in [0.3, 0.4) is 0 Å². The molecule has 3 rings (SSSR count). The molecular formula is C17H27N3. The molecule has 1 aromatic carbocycles. The third kappa shape index (κ3) is 2.57. The molecule has 0 bridgehead atoms. The van der Waals surface area contributed by atoms with Gasteiger partial charge in [-0.1, -0.05) is 12.1 Å². The van der Waals surface area contributed by atoms with Gasteiger partial charge in [-0.3, -0.25) is 0 Å². The Morgan fingerprint density at radius 2 is 2.10 bits per heavy atom. The highest BCUT2D eigenvalue weighted by Gasteiger charge is 2.28. The molecule has 0 saturated carbocycles. The molecule has 3 heteroatoms. The van der Waals surface area contributed by atoms with Crippen LogP contribution in [0.4, 0.5) is 5.69 Å². The number of nitrogens with zero attached hydrogens (tertiary/aromatic N) is 2. The average Bonchev–Trinajstić information content (AvgIpc) is 2.47. The number of aryl methyl sites for hydroxylation is 1. The SMILES string of the molecule is CN1CCC(c2ccc3c(c2)CCCN3C)C(CN)C1. The number of rotatable bonds is 2. The molecule has 1 fully saturated rings. The van der Waals surface area contributed by atoms with Crippen molar-refractivity contribution < 1.29 is 0 Å². The molecule has 3 nitrogen and oxygen atoms in total. The third-order valence-electron chi connectivity index (χ3n) is 5.12. The highest BCUT2D eigenvalue weighted by Crippen LogP contribution is 2.35. The lowest BCUT2D eigenvalue weighted by Crippen LogP contribution is -2.40. The Morgan fingerprint density at radius 3 is 2.90 bits per heavy atom. The van der Waals surface area contributed by atoms with Gasteiger partial charge in [0.15, 0.2) is 0 Å². The van der Waals surface area contributed by atoms with Gasteiger partial charge in [0, 0.05) is 25.8 Å². The second kappa shape index (κ2) is 5.74. The van der Waals surface area contributed by atoms with E-state index in [4.69, 9.17) is 5.73 Å². The molecule has 2 N–H and O–H groups in total. The van der Waals surface area contributed by atoms with Crippen molar-refractivity contribution in [3.63, 3.8) is 0 Å². The van der Waals surface area contributed by atoms with E-state index in [-0.39, 0.29) is 0 Å². The normalized spacial score (nSPS) is 27.4. The van der Waals surface area contributed by atoms with Gasteiger partial charge in [0.05, 0.1) is 0 Å². The first-order chi connectivity index (χ1) is 9.69. The number of hydrogen-bond acceptors (Lipinski definition) is 3. The van der Waals surface area contributed by atoms with E-state index in [9.17, 15) is 0 Å². The van der Waals surface area contributed by atoms with Crippen LogP contribution in [-0.4, -0.2) is 45.2 Å². The van der Waals surface area contributed by atoms with Crippen LogP contribution in [0.25, 0.3) is 0 Å². The predicted octanol–water partition coefficient (Wildman–Crippen LogP) is 2.06. The zero-order valence-electron chi connectivity index (χ0n) is 12.8. The lowest BCUT2D eigenvalue weighted by atomic mass is 9.79. The number of benzene rings is 1. The highest BCUT2D eigenvalue weighted by atomic mass is 15.1. The largest absolute Gasteiger partial charge is 0.374 e. The summed E-state index contributed by atoms with van der Waals surface area (Å²) in [6.07, 6.45) is 3.75. The van der Waals surface area contributed by atoms with E-state index >= 15 is 0 Å². The summed E-state index contributed by atoms with van der Waals surface area (Å²) in [6, 6.07) is 7.14. The summed E-state index contributed by atoms with van der Waals surface area (Å²) >= 11 is 0. The molecule has 2 atom stereocenters. The molecule has 2 heterocycles. The van der Waals surface area contributed by atoms with Crippen molar-refractivity contribution in [2.75, 3.05) is 45.2 Å². The second-order valence-corrected chi connectivity index (χ2v) is 6.57. The van der Waals surface area contributed by atoms with Crippen molar-refractivity contribution in [2.45, 2.75) is 25.2 Å². The second-order valence-electron chi connectivity index (χ2n) is 6.57. The Kier molecular flexibility index (Phi) is 3.99. The topological polar surface area (TPSA) is 32.5 Å². The van der Waals surface area contributed by atoms with Crippen molar-refractivity contribution in [2.24, 2.45) is 11.7 Å². The van der Waals surface area contributed by atoms with E-state index in [0.717, 1.165) is 13.1 Å². The van der Waals surface area contributed by atoms with Crippen LogP contribution >= 0.6 is 0 Å². The molecule has 2 aliphatic rings. The number of hydrogen-bond donors (Lipinski definition) is 1. The van der Waals surface area contributed by atoms with Crippen LogP contribution in [-0.2, 0) is 6.42 Å². The van der Waals surface area contributed by atoms with E-state index in [2.05, 4.69) is 42.1 Å². The van der Waals surface area contributed by atoms with Gasteiger partial charge in [0.25, 0.3) is 0 Å². The summed E-state index contributed by atoms with van der Waals surface area (Å²) < 4.78 is 0. The van der Waals surface area contributed by atoms with E-state index in [1.54, 1.807) is 0 Å². The molecular weight excluding hydrogens is 246 g/mol. The molecule has 0 aromatic heterocycles. The van der Waals surface area contributed by atoms with E-state index in [1.807, 2.05) is 0 Å². The summed E-state index contributed by atoms with van der Waals surface area (Å²) in [5.41, 5.74) is 10.5. The molecule has 0 aliphatic carbocycles. The minimum atomic E-state index is 0.605. The minimum Gasteiger partial charge on any atom is -0.374 e. The summed E-state index contributed by atoms with van der Waals surface area (Å²) in [5, 5.41) is 0. The van der Waals surface area contributed by atoms with Crippen LogP contribution in [0.1, 0.15) is 29.9 Å². The fraction of sp³-hybridized carbons (Fsp3) is 0.647. The third-order valence-corrected chi connectivity index (χ3v) is 5.12. The fourth-order valence-electron chi connectivity index (χ4n) is 3.93. The Balaban J connectivity index is 1.86. The molecule has 2 unspecified atom stereocenters. The molecule has 20 heavy (non-hydrogen) atoms. The lowest BCUT2D eigenvalue weighted by molar-refractivity contribution is 0.188. The summed E-state index contributed by atoms with van der Waals surface area (Å²) in [4.78, 5) is 4.80. The quantitative estimate of drug-likeness (QED) is 0.895. The van der Waals surface area contributed by atoms with Gasteiger partial charge in [-0.2, -0.15) is 0 Å². The Bertz CT molecular complexity index is 471. The van der Waals surface area contributed by atoms with Crippen LogP contribution in [0, 0.1) is 5.92 Å². The van der Waals surface area contributed by atoms with Gasteiger partial charge in [0.2, 0.25) is 0 Å². The summed E-state index contributed by atoms with van der Waals surface area (Å²) in [6.45, 7) is 4.31. The van der Waals surface area contributed by atoms with Crippen LogP contribution in [0.15, 0.2) is 18.2 Å². The molecule has 0 amide bonds. The van der Waals surface area contributed by atoms with Gasteiger partial charge < -0.3 is 15.5 Å². The Morgan fingerprint density at radius 1 is 1.25 bits per heavy atom. The highest BCUT2D eigenvalue weighted by molar-refractivity contribution is 5.56. The van der Waals surface area contributed by atoms with Crippen molar-refractivity contribution in [1.29, 1.82) is 0 Å². The van der Waals surface area contributed by atoms with E-state index < -0.39 is 0 Å². The molecule has 1 saturated heterocycles. The first-order valence-electron chi connectivity index (χ1n) is 7.91. The molecule has 0 spiro atoms. The number of nitrogens with two attached hydrogens (primary N) is 1. The first-order valence-corrected chi connectivity index (χ1v) is 7.91. The maximum Gasteiger partial charge on any atom is 0.0396 e. The van der Waals surface area contributed by atoms with Gasteiger partial charge in [0.1, 0.15) is 0 Å². The van der Waals surface area contributed by atoms with Gasteiger partial charge in [-0.15, -0.1) is 0 Å². The molecule has 2 aliphatic heterocycles. The minimum absolute atomic E-state index is 0.605. The maximum atomic E-state index is 6.02. The van der Waals surface area contributed by atoms with Gasteiger partial charge in [-0.05, 0) is 68.4 Å². The van der Waals surface area contributed by atoms with Crippen molar-refractivity contribution in [1.82, 2.24) is 4.90 Å². The maximum absolute atomic E-state index is 6.02. The Hall–Kier alpha value is -1.06. The van der Waals surface area contributed by atoms with Gasteiger partial charge in [-0.25, -0.2) is 0 Å². The zero-order chi connectivity index (χ0) is 14.1. The smallest absolute Gasteiger partial charge is 0.0396 e. The molecule has 110 valence electrons. The average molecular weight is 273 g/mol. The summed E-state index contributed by atoms with van der Waals surface area (Å²) in [5.74, 6) is 1.25. The first kappa shape index (κ1) is 13.9. The number of piperidine rings is 1. The van der Waals surface area contributed by atoms with Crippen LogP contribution in [0.5, 0.6) is 0 Å². The predicted molar refractivity (Wildman–Crippen MR) is 85.4 cm³/mol. The summed E-state index contributed by atoms with van der Waals surface area (Å²) in [7, 11) is 4.41. The van der Waals surface area contributed by atoms with Crippen molar-refractivity contribution >= 4 is 5.69 Å². The number of likely N-dealkylation sites (tertiary alicyclic amines) is 1. The van der Waals surface area contributed by atoms with Crippen LogP contribution in [0.2, 0.25) is 0 Å². The standard InChI is InChI=1S/C17H27N3/c1-19-9-7-16(15(11-18)12-19)13-5-6-17-14(10-13)4-3-8-20(17)2/h5-6,10,15-16H,3-4,7-9,11-12,18H2,1-2H3. The number of anilines is 1. The fourth-order valence-corrected chi connectivity index (χ4v) is 3.93. The number of fused-ring (bicyclic) bond motifs is 1. The van der Waals surface area contributed by atoms with Crippen molar-refractivity contribution in [3.05, 3.63) is 29.3 Å². The van der Waals surface area contributed by atoms with E-state index in [1.165, 1.54) is 49.2 Å². The Labute approximate surface area is 122 Å². The van der Waals surface area contributed by atoms with E-state index in [0.29, 0.717) is 11.8 Å².